The smallest absolute Gasteiger partial charge is 0.269 e. The molecule has 0 spiro atoms. The summed E-state index contributed by atoms with van der Waals surface area (Å²) in [7, 11) is 0. The number of nitrogens with zero attached hydrogens (tertiary/aromatic N) is 2. The van der Waals surface area contributed by atoms with Crippen molar-refractivity contribution in [3.05, 3.63) is 45.6 Å². The average molecular weight is 232 g/mol. The van der Waals surface area contributed by atoms with Gasteiger partial charge in [0.25, 0.3) is 5.69 Å². The zero-order valence-corrected chi connectivity index (χ0v) is 9.93. The quantitative estimate of drug-likeness (QED) is 0.594. The van der Waals surface area contributed by atoms with Crippen LogP contribution in [-0.2, 0) is 0 Å². The highest BCUT2D eigenvalue weighted by Gasteiger charge is 2.08. The second-order valence-corrected chi connectivity index (χ2v) is 4.36. The Morgan fingerprint density at radius 2 is 2.06 bits per heavy atom. The van der Waals surface area contributed by atoms with Crippen molar-refractivity contribution in [2.24, 2.45) is 0 Å². The molecule has 17 heavy (non-hydrogen) atoms. The van der Waals surface area contributed by atoms with Gasteiger partial charge in [0.2, 0.25) is 0 Å². The van der Waals surface area contributed by atoms with Gasteiger partial charge in [-0.05, 0) is 49.2 Å². The maximum Gasteiger partial charge on any atom is 0.269 e. The third-order valence-electron chi connectivity index (χ3n) is 3.07. The van der Waals surface area contributed by atoms with Gasteiger partial charge in [0.05, 0.1) is 4.92 Å². The Morgan fingerprint density at radius 1 is 1.35 bits per heavy atom. The number of aryl methyl sites for hydroxylation is 1. The lowest BCUT2D eigenvalue weighted by molar-refractivity contribution is -0.384. The molecule has 1 aromatic carbocycles. The SMILES string of the molecule is Cc1cc([N+](=O)[O-])ccc1C=CN1CCCC1. The summed E-state index contributed by atoms with van der Waals surface area (Å²) in [5.74, 6) is 0. The number of nitro benzene ring substituents is 1. The van der Waals surface area contributed by atoms with E-state index >= 15 is 0 Å². The highest BCUT2D eigenvalue weighted by Crippen LogP contribution is 2.19. The molecule has 4 nitrogen and oxygen atoms in total. The van der Waals surface area contributed by atoms with E-state index in [1.807, 2.05) is 13.0 Å². The Bertz CT molecular complexity index is 449. The largest absolute Gasteiger partial charge is 0.377 e. The van der Waals surface area contributed by atoms with E-state index < -0.39 is 0 Å². The van der Waals surface area contributed by atoms with Crippen LogP contribution in [0.15, 0.2) is 24.4 Å². The van der Waals surface area contributed by atoms with E-state index in [0.29, 0.717) is 0 Å². The summed E-state index contributed by atoms with van der Waals surface area (Å²) < 4.78 is 0. The second-order valence-electron chi connectivity index (χ2n) is 4.36. The van der Waals surface area contributed by atoms with E-state index in [0.717, 1.165) is 24.2 Å². The highest BCUT2D eigenvalue weighted by atomic mass is 16.6. The van der Waals surface area contributed by atoms with Crippen LogP contribution in [0.4, 0.5) is 5.69 Å². The molecule has 1 saturated heterocycles. The second kappa shape index (κ2) is 4.99. The summed E-state index contributed by atoms with van der Waals surface area (Å²) in [5.41, 5.74) is 2.14. The number of likely N-dealkylation sites (tertiary alicyclic amines) is 1. The third-order valence-corrected chi connectivity index (χ3v) is 3.07. The molecule has 0 radical (unpaired) electrons. The van der Waals surface area contributed by atoms with E-state index in [-0.39, 0.29) is 10.6 Å². The molecule has 0 saturated carbocycles. The van der Waals surface area contributed by atoms with Crippen molar-refractivity contribution in [3.63, 3.8) is 0 Å². The first-order chi connectivity index (χ1) is 8.16. The summed E-state index contributed by atoms with van der Waals surface area (Å²) in [6.07, 6.45) is 6.62. The number of hydrogen-bond acceptors (Lipinski definition) is 3. The molecule has 90 valence electrons. The maximum atomic E-state index is 10.6. The van der Waals surface area contributed by atoms with Crippen LogP contribution in [-0.4, -0.2) is 22.9 Å². The van der Waals surface area contributed by atoms with Gasteiger partial charge in [0, 0.05) is 25.2 Å². The van der Waals surface area contributed by atoms with Crippen molar-refractivity contribution in [2.75, 3.05) is 13.1 Å². The highest BCUT2D eigenvalue weighted by molar-refractivity contribution is 5.56. The van der Waals surface area contributed by atoms with Crippen molar-refractivity contribution in [2.45, 2.75) is 19.8 Å². The number of nitro groups is 1. The van der Waals surface area contributed by atoms with Gasteiger partial charge in [0.1, 0.15) is 0 Å². The number of non-ortho nitro benzene ring substituents is 1. The first-order valence-electron chi connectivity index (χ1n) is 5.84. The molecule has 0 amide bonds. The van der Waals surface area contributed by atoms with Gasteiger partial charge in [-0.3, -0.25) is 10.1 Å². The van der Waals surface area contributed by atoms with Crippen LogP contribution in [0.3, 0.4) is 0 Å². The molecule has 0 bridgehead atoms. The van der Waals surface area contributed by atoms with E-state index in [2.05, 4.69) is 11.1 Å². The molecule has 0 aromatic heterocycles. The van der Waals surface area contributed by atoms with Gasteiger partial charge in [-0.2, -0.15) is 0 Å². The van der Waals surface area contributed by atoms with Gasteiger partial charge in [-0.25, -0.2) is 0 Å². The molecule has 2 rings (SSSR count). The predicted octanol–water partition coefficient (Wildman–Crippen LogP) is 2.97. The lowest BCUT2D eigenvalue weighted by Gasteiger charge is -2.10. The van der Waals surface area contributed by atoms with Crippen LogP contribution >= 0.6 is 0 Å². The Kier molecular flexibility index (Phi) is 3.42. The fraction of sp³-hybridized carbons (Fsp3) is 0.385. The first-order valence-corrected chi connectivity index (χ1v) is 5.84. The third kappa shape index (κ3) is 2.84. The van der Waals surface area contributed by atoms with E-state index in [4.69, 9.17) is 0 Å². The standard InChI is InChI=1S/C13H16N2O2/c1-11-10-13(15(16)17)5-4-12(11)6-9-14-7-2-3-8-14/h4-6,9-10H,2-3,7-8H2,1H3. The zero-order chi connectivity index (χ0) is 12.3. The molecule has 0 N–H and O–H groups in total. The fourth-order valence-electron chi connectivity index (χ4n) is 2.04. The zero-order valence-electron chi connectivity index (χ0n) is 9.93. The summed E-state index contributed by atoms with van der Waals surface area (Å²) in [5, 5.41) is 10.6. The molecular weight excluding hydrogens is 216 g/mol. The number of benzene rings is 1. The summed E-state index contributed by atoms with van der Waals surface area (Å²) >= 11 is 0. The summed E-state index contributed by atoms with van der Waals surface area (Å²) in [6, 6.07) is 4.97. The lowest BCUT2D eigenvalue weighted by Crippen LogP contribution is -2.10. The predicted molar refractivity (Wildman–Crippen MR) is 67.7 cm³/mol. The minimum absolute atomic E-state index is 0.154. The minimum atomic E-state index is -0.360. The molecule has 1 aliphatic heterocycles. The van der Waals surface area contributed by atoms with Crippen LogP contribution in [0.2, 0.25) is 0 Å². The topological polar surface area (TPSA) is 46.4 Å². The van der Waals surface area contributed by atoms with Crippen LogP contribution in [0.25, 0.3) is 6.08 Å². The summed E-state index contributed by atoms with van der Waals surface area (Å²) in [4.78, 5) is 12.5. The van der Waals surface area contributed by atoms with Gasteiger partial charge in [0.15, 0.2) is 0 Å². The number of hydrogen-bond donors (Lipinski definition) is 0. The van der Waals surface area contributed by atoms with Crippen molar-refractivity contribution in [1.29, 1.82) is 0 Å². The molecule has 1 aromatic rings. The number of rotatable bonds is 3. The van der Waals surface area contributed by atoms with E-state index in [9.17, 15) is 10.1 Å². The van der Waals surface area contributed by atoms with Crippen LogP contribution in [0.1, 0.15) is 24.0 Å². The Labute approximate surface area is 101 Å². The fourth-order valence-corrected chi connectivity index (χ4v) is 2.04. The molecular formula is C13H16N2O2. The minimum Gasteiger partial charge on any atom is -0.377 e. The monoisotopic (exact) mass is 232 g/mol. The van der Waals surface area contributed by atoms with Crippen LogP contribution in [0.5, 0.6) is 0 Å². The lowest BCUT2D eigenvalue weighted by atomic mass is 10.1. The van der Waals surface area contributed by atoms with Gasteiger partial charge in [-0.15, -0.1) is 0 Å². The van der Waals surface area contributed by atoms with Crippen molar-refractivity contribution < 1.29 is 4.92 Å². The molecule has 0 atom stereocenters. The Morgan fingerprint density at radius 3 is 2.65 bits per heavy atom. The summed E-state index contributed by atoms with van der Waals surface area (Å²) in [6.45, 7) is 4.13. The average Bonchev–Trinajstić information content (AvgIpc) is 2.80. The van der Waals surface area contributed by atoms with Gasteiger partial charge in [-0.1, -0.05) is 0 Å². The maximum absolute atomic E-state index is 10.6. The normalized spacial score (nSPS) is 15.7. The van der Waals surface area contributed by atoms with Crippen LogP contribution in [0, 0.1) is 17.0 Å². The molecule has 0 unspecified atom stereocenters. The van der Waals surface area contributed by atoms with Crippen molar-refractivity contribution >= 4 is 11.8 Å². The molecule has 1 aliphatic rings. The Balaban J connectivity index is 2.13. The molecule has 4 heteroatoms. The molecule has 1 heterocycles. The molecule has 1 fully saturated rings. The van der Waals surface area contributed by atoms with Gasteiger partial charge < -0.3 is 4.90 Å². The Hall–Kier alpha value is -1.84. The van der Waals surface area contributed by atoms with Crippen molar-refractivity contribution in [1.82, 2.24) is 4.90 Å². The van der Waals surface area contributed by atoms with E-state index in [1.54, 1.807) is 18.2 Å². The van der Waals surface area contributed by atoms with Crippen LogP contribution < -0.4 is 0 Å². The van der Waals surface area contributed by atoms with Gasteiger partial charge >= 0.3 is 0 Å². The first kappa shape index (κ1) is 11.6. The van der Waals surface area contributed by atoms with E-state index in [1.165, 1.54) is 12.8 Å². The molecule has 0 aliphatic carbocycles. The van der Waals surface area contributed by atoms with Crippen molar-refractivity contribution in [3.8, 4) is 0 Å².